The molecule has 1 aliphatic rings. The van der Waals surface area contributed by atoms with E-state index in [0.29, 0.717) is 22.4 Å². The summed E-state index contributed by atoms with van der Waals surface area (Å²) in [4.78, 5) is 33.1. The van der Waals surface area contributed by atoms with E-state index < -0.39 is 0 Å². The van der Waals surface area contributed by atoms with Crippen molar-refractivity contribution >= 4 is 29.0 Å². The molecule has 1 amide bonds. The number of benzene rings is 2. The molecule has 5 nitrogen and oxygen atoms in total. The molecule has 0 fully saturated rings. The van der Waals surface area contributed by atoms with Crippen molar-refractivity contribution in [3.63, 3.8) is 0 Å². The Kier molecular flexibility index (Phi) is 4.96. The van der Waals surface area contributed by atoms with Gasteiger partial charge < -0.3 is 4.90 Å². The van der Waals surface area contributed by atoms with Crippen LogP contribution in [0.15, 0.2) is 64.4 Å². The van der Waals surface area contributed by atoms with Gasteiger partial charge in [0.25, 0.3) is 5.56 Å². The van der Waals surface area contributed by atoms with Gasteiger partial charge >= 0.3 is 0 Å². The molecule has 0 saturated heterocycles. The average molecular weight is 406 g/mol. The molecular weight excluding hydrogens is 382 g/mol. The molecule has 6 heteroatoms. The van der Waals surface area contributed by atoms with Crippen molar-refractivity contribution in [2.75, 3.05) is 0 Å². The number of para-hydroxylation sites is 1. The summed E-state index contributed by atoms with van der Waals surface area (Å²) in [5.41, 5.74) is 2.41. The molecule has 2 aromatic carbocycles. The van der Waals surface area contributed by atoms with Crippen molar-refractivity contribution in [3.8, 4) is 0 Å². The molecule has 0 bridgehead atoms. The van der Waals surface area contributed by atoms with E-state index in [-0.39, 0.29) is 17.0 Å². The van der Waals surface area contributed by atoms with E-state index in [2.05, 4.69) is 4.99 Å². The Morgan fingerprint density at radius 1 is 1.14 bits per heavy atom. The highest BCUT2D eigenvalue weighted by Gasteiger charge is 2.25. The molecule has 1 aliphatic heterocycles. The lowest BCUT2D eigenvalue weighted by molar-refractivity contribution is -0.129. The van der Waals surface area contributed by atoms with Gasteiger partial charge in [-0.3, -0.25) is 14.2 Å². The highest BCUT2D eigenvalue weighted by Crippen LogP contribution is 2.21. The van der Waals surface area contributed by atoms with Crippen LogP contribution in [0.5, 0.6) is 0 Å². The third kappa shape index (κ3) is 3.93. The van der Waals surface area contributed by atoms with E-state index in [9.17, 15) is 9.59 Å². The number of hydrogen-bond acceptors (Lipinski definition) is 4. The monoisotopic (exact) mass is 405 g/mol. The second-order valence-electron chi connectivity index (χ2n) is 8.11. The van der Waals surface area contributed by atoms with Crippen LogP contribution in [0.2, 0.25) is 0 Å². The molecule has 0 saturated carbocycles. The number of carbonyl (C=O) groups is 1. The van der Waals surface area contributed by atoms with Crippen LogP contribution < -0.4 is 14.9 Å². The van der Waals surface area contributed by atoms with Gasteiger partial charge in [-0.2, -0.15) is 0 Å². The fraction of sp³-hybridized carbons (Fsp3) is 0.261. The van der Waals surface area contributed by atoms with E-state index in [1.54, 1.807) is 9.47 Å². The fourth-order valence-corrected chi connectivity index (χ4v) is 4.32. The van der Waals surface area contributed by atoms with Gasteiger partial charge in [-0.05, 0) is 38.0 Å². The van der Waals surface area contributed by atoms with Gasteiger partial charge in [0, 0.05) is 18.2 Å². The maximum absolute atomic E-state index is 13.1. The van der Waals surface area contributed by atoms with Crippen LogP contribution >= 0.6 is 11.3 Å². The van der Waals surface area contributed by atoms with Gasteiger partial charge in [0.2, 0.25) is 5.91 Å². The summed E-state index contributed by atoms with van der Waals surface area (Å²) >= 11 is 1.27. The largest absolute Gasteiger partial charge is 0.330 e. The van der Waals surface area contributed by atoms with Crippen LogP contribution in [-0.4, -0.2) is 20.9 Å². The fourth-order valence-electron chi connectivity index (χ4n) is 3.36. The molecule has 0 aliphatic carbocycles. The van der Waals surface area contributed by atoms with E-state index in [1.165, 1.54) is 17.4 Å². The summed E-state index contributed by atoms with van der Waals surface area (Å²) in [6.45, 7) is 6.97. The molecule has 0 N–H and O–H groups in total. The van der Waals surface area contributed by atoms with E-state index in [4.69, 9.17) is 0 Å². The second-order valence-corrected chi connectivity index (χ2v) is 9.11. The smallest absolute Gasteiger partial charge is 0.270 e. The van der Waals surface area contributed by atoms with Crippen LogP contribution in [0.3, 0.4) is 0 Å². The minimum atomic E-state index is -0.378. The lowest BCUT2D eigenvalue weighted by Gasteiger charge is -2.35. The summed E-state index contributed by atoms with van der Waals surface area (Å²) in [7, 11) is 0. The number of fused-ring (bicyclic) bond motifs is 2. The number of hydrogen-bond donors (Lipinski definition) is 0. The lowest BCUT2D eigenvalue weighted by atomic mass is 10.0. The molecule has 4 rings (SSSR count). The highest BCUT2D eigenvalue weighted by molar-refractivity contribution is 7.07. The number of amides is 1. The van der Waals surface area contributed by atoms with Crippen LogP contribution in [-0.2, 0) is 17.9 Å². The van der Waals surface area contributed by atoms with Crippen molar-refractivity contribution in [2.45, 2.75) is 39.4 Å². The minimum Gasteiger partial charge on any atom is -0.330 e. The molecule has 0 unspecified atom stereocenters. The quantitative estimate of drug-likeness (QED) is 0.526. The Balaban J connectivity index is 1.72. The van der Waals surface area contributed by atoms with Crippen LogP contribution in [0.1, 0.15) is 31.9 Å². The van der Waals surface area contributed by atoms with Crippen molar-refractivity contribution in [3.05, 3.63) is 85.4 Å². The maximum Gasteiger partial charge on any atom is 0.270 e. The number of carbonyl (C=O) groups excluding carboxylic acids is 1. The zero-order chi connectivity index (χ0) is 20.6. The Morgan fingerprint density at radius 2 is 1.83 bits per heavy atom. The van der Waals surface area contributed by atoms with Gasteiger partial charge in [0.1, 0.15) is 4.53 Å². The number of rotatable bonds is 3. The Bertz CT molecular complexity index is 1230. The minimum absolute atomic E-state index is 0.162. The normalized spacial score (nSPS) is 13.4. The third-order valence-electron chi connectivity index (χ3n) is 4.94. The van der Waals surface area contributed by atoms with Crippen molar-refractivity contribution in [1.29, 1.82) is 0 Å². The summed E-state index contributed by atoms with van der Waals surface area (Å²) in [5.74, 6) is -0.171. The van der Waals surface area contributed by atoms with Gasteiger partial charge in [-0.25, -0.2) is 4.99 Å². The molecule has 3 aromatic rings. The number of nitrogens with zero attached hydrogens (tertiary/aromatic N) is 3. The van der Waals surface area contributed by atoms with E-state index >= 15 is 0 Å². The molecule has 29 heavy (non-hydrogen) atoms. The van der Waals surface area contributed by atoms with Crippen molar-refractivity contribution in [1.82, 2.24) is 9.47 Å². The molecule has 2 heterocycles. The van der Waals surface area contributed by atoms with Crippen LogP contribution in [0.25, 0.3) is 6.08 Å². The first-order valence-electron chi connectivity index (χ1n) is 9.56. The average Bonchev–Trinajstić information content (AvgIpc) is 2.99. The van der Waals surface area contributed by atoms with Gasteiger partial charge in [-0.15, -0.1) is 0 Å². The molecule has 0 atom stereocenters. The van der Waals surface area contributed by atoms with Gasteiger partial charge in [-0.1, -0.05) is 59.9 Å². The molecule has 0 spiro atoms. The zero-order valence-electron chi connectivity index (χ0n) is 16.8. The first-order valence-corrected chi connectivity index (χ1v) is 10.4. The predicted octanol–water partition coefficient (Wildman–Crippen LogP) is 2.83. The topological polar surface area (TPSA) is 54.7 Å². The summed E-state index contributed by atoms with van der Waals surface area (Å²) in [6.07, 6.45) is 1.46. The zero-order valence-corrected chi connectivity index (χ0v) is 17.6. The highest BCUT2D eigenvalue weighted by atomic mass is 32.1. The standard InChI is InChI=1S/C23H23N3O2S/c1-23(2,3)26(14-16-9-5-4-6-10-16)20(27)13-19-21(28)25-15-17-11-7-8-12-18(17)24-22(25)29-19/h4-13H,14-15H2,1-3H3. The molecule has 0 radical (unpaired) electrons. The Morgan fingerprint density at radius 3 is 2.55 bits per heavy atom. The van der Waals surface area contributed by atoms with E-state index in [0.717, 1.165) is 16.8 Å². The van der Waals surface area contributed by atoms with Gasteiger partial charge in [0.05, 0.1) is 12.2 Å². The molecule has 1 aromatic heterocycles. The number of thiazole rings is 1. The third-order valence-corrected chi connectivity index (χ3v) is 5.94. The first kappa shape index (κ1) is 19.3. The van der Waals surface area contributed by atoms with Crippen LogP contribution in [0.4, 0.5) is 5.69 Å². The first-order chi connectivity index (χ1) is 13.8. The lowest BCUT2D eigenvalue weighted by Crippen LogP contribution is -2.45. The summed E-state index contributed by atoms with van der Waals surface area (Å²) in [5, 5.41) is 0. The SMILES string of the molecule is CC(C)(C)N(Cc1ccccc1)C(=O)C=c1sc2n(c1=O)Cc1ccccc1N=2. The summed E-state index contributed by atoms with van der Waals surface area (Å²) in [6, 6.07) is 17.7. The van der Waals surface area contributed by atoms with Crippen LogP contribution in [0, 0.1) is 0 Å². The maximum atomic E-state index is 13.1. The Hall–Kier alpha value is -2.99. The predicted molar refractivity (Wildman–Crippen MR) is 116 cm³/mol. The summed E-state index contributed by atoms with van der Waals surface area (Å²) < 4.78 is 2.06. The molecule has 148 valence electrons. The Labute approximate surface area is 173 Å². The van der Waals surface area contributed by atoms with E-state index in [1.807, 2.05) is 75.4 Å². The van der Waals surface area contributed by atoms with Gasteiger partial charge in [0.15, 0.2) is 4.80 Å². The second kappa shape index (κ2) is 7.44. The van der Waals surface area contributed by atoms with Crippen molar-refractivity contribution < 1.29 is 4.79 Å². The molecular formula is C23H23N3O2S. The van der Waals surface area contributed by atoms with Crippen molar-refractivity contribution in [2.24, 2.45) is 4.99 Å². The number of aromatic nitrogens is 1.